The average Bonchev–Trinajstić information content (AvgIpc) is 2.35. The van der Waals surface area contributed by atoms with Gasteiger partial charge in [0.05, 0.1) is 12.5 Å². The molecule has 0 saturated carbocycles. The molecule has 0 aromatic heterocycles. The van der Waals surface area contributed by atoms with Gasteiger partial charge >= 0.3 is 11.9 Å². The van der Waals surface area contributed by atoms with Crippen molar-refractivity contribution in [2.45, 2.75) is 44.9 Å². The maximum Gasteiger partial charge on any atom is 0.325 e. The number of hydrogen-bond acceptors (Lipinski definition) is 6. The number of carboxylic acid groups (broad SMARTS) is 2. The Kier molecular flexibility index (Phi) is 13.0. The molecule has 0 aromatic rings. The van der Waals surface area contributed by atoms with Crippen molar-refractivity contribution in [3.8, 4) is 0 Å². The molecule has 0 aliphatic heterocycles. The fraction of sp³-hybridized carbons (Fsp3) is 0.750. The summed E-state index contributed by atoms with van der Waals surface area (Å²) in [5.74, 6) is -1.65. The second kappa shape index (κ2) is 12.4. The Bertz CT molecular complexity index is 338. The summed E-state index contributed by atoms with van der Waals surface area (Å²) in [5.41, 5.74) is 5.19. The van der Waals surface area contributed by atoms with Crippen molar-refractivity contribution in [2.75, 3.05) is 12.0 Å². The lowest BCUT2D eigenvalue weighted by Gasteiger charge is -2.09. The van der Waals surface area contributed by atoms with Gasteiger partial charge in [-0.15, -0.1) is 0 Å². The number of carbonyl (C=O) groups is 3. The zero-order chi connectivity index (χ0) is 17.0. The van der Waals surface area contributed by atoms with E-state index in [1.807, 2.05) is 6.26 Å². The Labute approximate surface area is 128 Å². The molecule has 0 heterocycles. The first kappa shape index (κ1) is 22.0. The Morgan fingerprint density at radius 1 is 1.19 bits per heavy atom. The van der Waals surface area contributed by atoms with Crippen LogP contribution in [0.3, 0.4) is 0 Å². The molecule has 3 atom stereocenters. The predicted molar refractivity (Wildman–Crippen MR) is 80.1 cm³/mol. The van der Waals surface area contributed by atoms with E-state index in [2.05, 4.69) is 5.32 Å². The van der Waals surface area contributed by atoms with Gasteiger partial charge < -0.3 is 26.4 Å². The van der Waals surface area contributed by atoms with E-state index in [1.54, 1.807) is 11.8 Å². The maximum atomic E-state index is 10.8. The van der Waals surface area contributed by atoms with Gasteiger partial charge in [0.15, 0.2) is 0 Å². The fourth-order valence-electron chi connectivity index (χ4n) is 0.999. The molecule has 0 fully saturated rings. The van der Waals surface area contributed by atoms with Crippen molar-refractivity contribution in [3.63, 3.8) is 0 Å². The lowest BCUT2D eigenvalue weighted by molar-refractivity contribution is -0.141. The van der Waals surface area contributed by atoms with Crippen LogP contribution in [0, 0.1) is 0 Å². The van der Waals surface area contributed by atoms with E-state index >= 15 is 0 Å². The molecule has 124 valence electrons. The number of aliphatic hydroxyl groups excluding tert-OH is 1. The van der Waals surface area contributed by atoms with Crippen molar-refractivity contribution in [1.82, 2.24) is 5.32 Å². The van der Waals surface area contributed by atoms with Crippen LogP contribution in [0.25, 0.3) is 0 Å². The first-order valence-corrected chi connectivity index (χ1v) is 7.68. The van der Waals surface area contributed by atoms with Crippen LogP contribution in [0.2, 0.25) is 0 Å². The molecule has 0 aliphatic carbocycles. The minimum absolute atomic E-state index is 0.0718. The Hall–Kier alpha value is -1.32. The summed E-state index contributed by atoms with van der Waals surface area (Å²) in [7, 11) is 0. The van der Waals surface area contributed by atoms with E-state index in [0.717, 1.165) is 5.75 Å². The molecule has 0 aliphatic rings. The van der Waals surface area contributed by atoms with Gasteiger partial charge in [0, 0.05) is 0 Å². The zero-order valence-electron chi connectivity index (χ0n) is 12.4. The number of nitrogens with one attached hydrogen (secondary N) is 1. The SMILES string of the molecule is CC(O)CC(=O)NC(C)C(=O)O.CSCCC(N)C(=O)O. The molecular weight excluding hydrogens is 300 g/mol. The Balaban J connectivity index is 0. The van der Waals surface area contributed by atoms with Crippen LogP contribution in [0.5, 0.6) is 0 Å². The van der Waals surface area contributed by atoms with E-state index in [0.29, 0.717) is 6.42 Å². The number of aliphatic hydroxyl groups is 1. The van der Waals surface area contributed by atoms with Crippen molar-refractivity contribution < 1.29 is 29.7 Å². The first-order valence-electron chi connectivity index (χ1n) is 6.29. The van der Waals surface area contributed by atoms with Gasteiger partial charge in [0.1, 0.15) is 12.1 Å². The molecule has 0 rings (SSSR count). The maximum absolute atomic E-state index is 10.8. The van der Waals surface area contributed by atoms with E-state index < -0.39 is 36.0 Å². The summed E-state index contributed by atoms with van der Waals surface area (Å²) in [5, 5.41) is 27.6. The molecule has 8 nitrogen and oxygen atoms in total. The number of thioether (sulfide) groups is 1. The highest BCUT2D eigenvalue weighted by Crippen LogP contribution is 1.97. The molecule has 0 spiro atoms. The third-order valence-corrected chi connectivity index (χ3v) is 2.82. The molecule has 0 aromatic carbocycles. The topological polar surface area (TPSA) is 150 Å². The largest absolute Gasteiger partial charge is 0.480 e. The average molecular weight is 324 g/mol. The van der Waals surface area contributed by atoms with E-state index in [9.17, 15) is 14.4 Å². The van der Waals surface area contributed by atoms with E-state index in [1.165, 1.54) is 13.8 Å². The number of carboxylic acids is 2. The molecule has 21 heavy (non-hydrogen) atoms. The number of carbonyl (C=O) groups excluding carboxylic acids is 1. The summed E-state index contributed by atoms with van der Waals surface area (Å²) < 4.78 is 0. The smallest absolute Gasteiger partial charge is 0.325 e. The Morgan fingerprint density at radius 3 is 2.05 bits per heavy atom. The highest BCUT2D eigenvalue weighted by atomic mass is 32.2. The number of hydrogen-bond donors (Lipinski definition) is 5. The summed E-state index contributed by atoms with van der Waals surface area (Å²) in [6, 6.07) is -1.59. The second-order valence-electron chi connectivity index (χ2n) is 4.41. The molecule has 1 amide bonds. The third kappa shape index (κ3) is 14.9. The Morgan fingerprint density at radius 2 is 1.71 bits per heavy atom. The van der Waals surface area contributed by atoms with Crippen LogP contribution in [0.1, 0.15) is 26.7 Å². The summed E-state index contributed by atoms with van der Waals surface area (Å²) in [6.07, 6.45) is 1.66. The third-order valence-electron chi connectivity index (χ3n) is 2.18. The van der Waals surface area contributed by atoms with Gasteiger partial charge in [-0.2, -0.15) is 11.8 Å². The van der Waals surface area contributed by atoms with Crippen LogP contribution in [-0.4, -0.2) is 63.4 Å². The number of nitrogens with two attached hydrogens (primary N) is 1. The minimum atomic E-state index is -1.09. The van der Waals surface area contributed by atoms with E-state index in [4.69, 9.17) is 21.1 Å². The quantitative estimate of drug-likeness (QED) is 0.401. The highest BCUT2D eigenvalue weighted by Gasteiger charge is 2.14. The number of rotatable bonds is 8. The number of amides is 1. The van der Waals surface area contributed by atoms with Crippen molar-refractivity contribution in [3.05, 3.63) is 0 Å². The van der Waals surface area contributed by atoms with Crippen LogP contribution in [0.4, 0.5) is 0 Å². The van der Waals surface area contributed by atoms with Crippen LogP contribution in [-0.2, 0) is 14.4 Å². The van der Waals surface area contributed by atoms with Gasteiger partial charge in [-0.3, -0.25) is 14.4 Å². The highest BCUT2D eigenvalue weighted by molar-refractivity contribution is 7.98. The van der Waals surface area contributed by atoms with Crippen molar-refractivity contribution >= 4 is 29.6 Å². The number of aliphatic carboxylic acids is 2. The van der Waals surface area contributed by atoms with Gasteiger partial charge in [-0.25, -0.2) is 0 Å². The van der Waals surface area contributed by atoms with Crippen molar-refractivity contribution in [1.29, 1.82) is 0 Å². The summed E-state index contributed by atoms with van der Waals surface area (Å²) in [6.45, 7) is 2.83. The van der Waals surface area contributed by atoms with Gasteiger partial charge in [-0.05, 0) is 32.3 Å². The second-order valence-corrected chi connectivity index (χ2v) is 5.39. The molecule has 3 unspecified atom stereocenters. The normalized spacial score (nSPS) is 14.1. The lowest BCUT2D eigenvalue weighted by atomic mass is 10.2. The molecule has 6 N–H and O–H groups in total. The van der Waals surface area contributed by atoms with Gasteiger partial charge in [0.25, 0.3) is 0 Å². The van der Waals surface area contributed by atoms with Gasteiger partial charge in [-0.1, -0.05) is 0 Å². The summed E-state index contributed by atoms with van der Waals surface area (Å²) >= 11 is 1.60. The minimum Gasteiger partial charge on any atom is -0.480 e. The lowest BCUT2D eigenvalue weighted by Crippen LogP contribution is -2.39. The van der Waals surface area contributed by atoms with E-state index in [-0.39, 0.29) is 6.42 Å². The monoisotopic (exact) mass is 324 g/mol. The first-order chi connectivity index (χ1) is 9.61. The predicted octanol–water partition coefficient (Wildman–Crippen LogP) is -0.502. The molecule has 0 bridgehead atoms. The fourth-order valence-corrected chi connectivity index (χ4v) is 1.49. The van der Waals surface area contributed by atoms with Gasteiger partial charge in [0.2, 0.25) is 5.91 Å². The summed E-state index contributed by atoms with van der Waals surface area (Å²) in [4.78, 5) is 31.1. The van der Waals surface area contributed by atoms with Crippen LogP contribution in [0.15, 0.2) is 0 Å². The van der Waals surface area contributed by atoms with Crippen molar-refractivity contribution in [2.24, 2.45) is 5.73 Å². The molecule has 0 radical (unpaired) electrons. The van der Waals surface area contributed by atoms with Crippen LogP contribution < -0.4 is 11.1 Å². The van der Waals surface area contributed by atoms with Crippen LogP contribution >= 0.6 is 11.8 Å². The zero-order valence-corrected chi connectivity index (χ0v) is 13.2. The standard InChI is InChI=1S/C7H13NO4.C5H11NO2S/c1-4(9)3-6(10)8-5(2)7(11)12;1-9-3-2-4(6)5(7)8/h4-5,9H,3H2,1-2H3,(H,8,10)(H,11,12);4H,2-3,6H2,1H3,(H,7,8). The molecule has 0 saturated heterocycles. The molecular formula is C12H24N2O6S. The molecule has 9 heteroatoms.